The molecule has 0 heterocycles. The van der Waals surface area contributed by atoms with Gasteiger partial charge in [0.05, 0.1) is 6.10 Å². The molecule has 112 valence electrons. The average molecular weight is 295 g/mol. The standard InChI is InChI=1S/C13H28O2Si.CH4.H2S/c1-13(2,3)16(4,5)15-9-8-11-6-7-12(14)10-11;;/h11-12,14H,6-10H2,1-5H3;1H4;1H2/t11-,12+;;/m1../s1. The van der Waals surface area contributed by atoms with Gasteiger partial charge in [-0.25, -0.2) is 0 Å². The summed E-state index contributed by atoms with van der Waals surface area (Å²) in [5.74, 6) is 0.694. The zero-order chi connectivity index (χ0) is 12.4. The van der Waals surface area contributed by atoms with E-state index in [2.05, 4.69) is 33.9 Å². The molecule has 2 atom stereocenters. The maximum Gasteiger partial charge on any atom is 0.191 e. The van der Waals surface area contributed by atoms with Crippen LogP contribution in [0, 0.1) is 5.92 Å². The number of hydrogen-bond donors (Lipinski definition) is 1. The van der Waals surface area contributed by atoms with Crippen LogP contribution in [0.3, 0.4) is 0 Å². The highest BCUT2D eigenvalue weighted by Crippen LogP contribution is 2.37. The lowest BCUT2D eigenvalue weighted by atomic mass is 10.1. The van der Waals surface area contributed by atoms with Gasteiger partial charge in [0.25, 0.3) is 0 Å². The van der Waals surface area contributed by atoms with E-state index in [4.69, 9.17) is 4.43 Å². The van der Waals surface area contributed by atoms with E-state index in [0.29, 0.717) is 11.0 Å². The van der Waals surface area contributed by atoms with E-state index in [9.17, 15) is 5.11 Å². The van der Waals surface area contributed by atoms with Crippen LogP contribution in [0.25, 0.3) is 0 Å². The summed E-state index contributed by atoms with van der Waals surface area (Å²) in [6.07, 6.45) is 4.25. The molecule has 0 bridgehead atoms. The summed E-state index contributed by atoms with van der Waals surface area (Å²) < 4.78 is 6.15. The van der Waals surface area contributed by atoms with Gasteiger partial charge in [0.1, 0.15) is 0 Å². The number of aliphatic hydroxyl groups is 1. The van der Waals surface area contributed by atoms with Crippen LogP contribution in [0.2, 0.25) is 18.1 Å². The highest BCUT2D eigenvalue weighted by atomic mass is 32.1. The van der Waals surface area contributed by atoms with Gasteiger partial charge in [0, 0.05) is 6.61 Å². The number of aliphatic hydroxyl groups excluding tert-OH is 1. The molecule has 0 unspecified atom stereocenters. The molecule has 0 aromatic heterocycles. The summed E-state index contributed by atoms with van der Waals surface area (Å²) in [4.78, 5) is 0. The van der Waals surface area contributed by atoms with Crippen LogP contribution < -0.4 is 0 Å². The first kappa shape index (κ1) is 20.8. The third-order valence-electron chi connectivity index (χ3n) is 4.31. The number of hydrogen-bond acceptors (Lipinski definition) is 2. The number of rotatable bonds is 4. The smallest absolute Gasteiger partial charge is 0.191 e. The van der Waals surface area contributed by atoms with Crippen molar-refractivity contribution in [2.75, 3.05) is 6.61 Å². The van der Waals surface area contributed by atoms with Crippen molar-refractivity contribution in [3.8, 4) is 0 Å². The van der Waals surface area contributed by atoms with Crippen LogP contribution in [-0.4, -0.2) is 26.1 Å². The predicted octanol–water partition coefficient (Wildman–Crippen LogP) is 4.31. The fourth-order valence-electron chi connectivity index (χ4n) is 2.01. The SMILES string of the molecule is C.CC(C)(C)[Si](C)(C)OCC[C@H]1CC[C@H](O)C1.S. The van der Waals surface area contributed by atoms with Gasteiger partial charge in [-0.05, 0) is 49.7 Å². The Morgan fingerprint density at radius 3 is 2.17 bits per heavy atom. The molecule has 1 rings (SSSR count). The van der Waals surface area contributed by atoms with E-state index in [0.717, 1.165) is 25.9 Å². The molecule has 1 aliphatic rings. The Morgan fingerprint density at radius 2 is 1.78 bits per heavy atom. The van der Waals surface area contributed by atoms with Crippen LogP contribution >= 0.6 is 13.5 Å². The molecular formula is C14H34O2SSi. The van der Waals surface area contributed by atoms with Crippen molar-refractivity contribution >= 4 is 21.8 Å². The molecule has 0 amide bonds. The van der Waals surface area contributed by atoms with Gasteiger partial charge >= 0.3 is 0 Å². The Labute approximate surface area is 122 Å². The van der Waals surface area contributed by atoms with Gasteiger partial charge in [-0.15, -0.1) is 0 Å². The van der Waals surface area contributed by atoms with Crippen molar-refractivity contribution in [1.82, 2.24) is 0 Å². The van der Waals surface area contributed by atoms with Gasteiger partial charge in [0.2, 0.25) is 0 Å². The van der Waals surface area contributed by atoms with Crippen molar-refractivity contribution in [2.45, 2.75) is 78.1 Å². The van der Waals surface area contributed by atoms with Crippen LogP contribution in [0.1, 0.15) is 53.9 Å². The van der Waals surface area contributed by atoms with Crippen molar-refractivity contribution in [1.29, 1.82) is 0 Å². The lowest BCUT2D eigenvalue weighted by Crippen LogP contribution is -2.41. The van der Waals surface area contributed by atoms with Gasteiger partial charge in [-0.3, -0.25) is 0 Å². The molecule has 1 aliphatic carbocycles. The minimum atomic E-state index is -1.56. The molecule has 1 fully saturated rings. The molecule has 1 N–H and O–H groups in total. The van der Waals surface area contributed by atoms with Crippen LogP contribution in [0.4, 0.5) is 0 Å². The quantitative estimate of drug-likeness (QED) is 0.783. The Morgan fingerprint density at radius 1 is 1.22 bits per heavy atom. The van der Waals surface area contributed by atoms with E-state index in [1.54, 1.807) is 0 Å². The molecule has 0 radical (unpaired) electrons. The molecule has 0 aromatic carbocycles. The van der Waals surface area contributed by atoms with Gasteiger partial charge in [-0.1, -0.05) is 28.2 Å². The Kier molecular flexibility index (Phi) is 9.16. The van der Waals surface area contributed by atoms with Crippen molar-refractivity contribution in [2.24, 2.45) is 5.92 Å². The highest BCUT2D eigenvalue weighted by Gasteiger charge is 2.37. The first-order chi connectivity index (χ1) is 7.22. The summed E-state index contributed by atoms with van der Waals surface area (Å²) in [7, 11) is -1.56. The Bertz CT molecular complexity index is 226. The van der Waals surface area contributed by atoms with Gasteiger partial charge in [0.15, 0.2) is 8.32 Å². The second kappa shape index (κ2) is 7.93. The maximum absolute atomic E-state index is 9.46. The molecule has 18 heavy (non-hydrogen) atoms. The average Bonchev–Trinajstić information content (AvgIpc) is 2.49. The molecule has 1 saturated carbocycles. The normalized spacial score (nSPS) is 24.3. The first-order valence-electron chi connectivity index (χ1n) is 6.54. The second-order valence-electron chi connectivity index (χ2n) is 6.73. The first-order valence-corrected chi connectivity index (χ1v) is 9.45. The third kappa shape index (κ3) is 6.09. The van der Waals surface area contributed by atoms with E-state index >= 15 is 0 Å². The minimum absolute atomic E-state index is 0. The van der Waals surface area contributed by atoms with Gasteiger partial charge in [-0.2, -0.15) is 13.5 Å². The summed E-state index contributed by atoms with van der Waals surface area (Å²) >= 11 is 0. The van der Waals surface area contributed by atoms with Crippen molar-refractivity contribution in [3.63, 3.8) is 0 Å². The molecule has 0 aliphatic heterocycles. The molecular weight excluding hydrogens is 260 g/mol. The fraction of sp³-hybridized carbons (Fsp3) is 1.00. The summed E-state index contributed by atoms with van der Waals surface area (Å²) in [5, 5.41) is 9.76. The van der Waals surface area contributed by atoms with Crippen LogP contribution in [0.5, 0.6) is 0 Å². The Hall–Kier alpha value is 0.487. The Balaban J connectivity index is 0. The summed E-state index contributed by atoms with van der Waals surface area (Å²) in [6.45, 7) is 12.3. The zero-order valence-corrected chi connectivity index (χ0v) is 14.0. The molecule has 4 heteroatoms. The molecule has 0 saturated heterocycles. The zero-order valence-electron chi connectivity index (χ0n) is 12.0. The van der Waals surface area contributed by atoms with Crippen molar-refractivity contribution in [3.05, 3.63) is 0 Å². The van der Waals surface area contributed by atoms with E-state index < -0.39 is 8.32 Å². The fourth-order valence-corrected chi connectivity index (χ4v) is 3.07. The lowest BCUT2D eigenvalue weighted by Gasteiger charge is -2.36. The second-order valence-corrected chi connectivity index (χ2v) is 11.5. The largest absolute Gasteiger partial charge is 0.417 e. The van der Waals surface area contributed by atoms with Gasteiger partial charge < -0.3 is 9.53 Å². The monoisotopic (exact) mass is 294 g/mol. The maximum atomic E-state index is 9.46. The van der Waals surface area contributed by atoms with Crippen LogP contribution in [-0.2, 0) is 4.43 Å². The minimum Gasteiger partial charge on any atom is -0.417 e. The van der Waals surface area contributed by atoms with E-state index in [-0.39, 0.29) is 27.0 Å². The topological polar surface area (TPSA) is 29.5 Å². The van der Waals surface area contributed by atoms with Crippen LogP contribution in [0.15, 0.2) is 0 Å². The summed E-state index contributed by atoms with van der Waals surface area (Å²) in [6, 6.07) is 0. The highest BCUT2D eigenvalue weighted by molar-refractivity contribution is 7.59. The lowest BCUT2D eigenvalue weighted by molar-refractivity contribution is 0.173. The third-order valence-corrected chi connectivity index (χ3v) is 8.85. The predicted molar refractivity (Wildman–Crippen MR) is 88.2 cm³/mol. The summed E-state index contributed by atoms with van der Waals surface area (Å²) in [5.41, 5.74) is 0. The molecule has 0 spiro atoms. The van der Waals surface area contributed by atoms with E-state index in [1.165, 1.54) is 6.42 Å². The molecule has 2 nitrogen and oxygen atoms in total. The molecule has 0 aromatic rings. The van der Waals surface area contributed by atoms with Crippen molar-refractivity contribution < 1.29 is 9.53 Å². The van der Waals surface area contributed by atoms with E-state index in [1.807, 2.05) is 0 Å².